The highest BCUT2D eigenvalue weighted by atomic mass is 35.5. The van der Waals surface area contributed by atoms with Gasteiger partial charge in [0.15, 0.2) is 0 Å². The number of benzene rings is 1. The first-order valence-corrected chi connectivity index (χ1v) is 5.63. The molecule has 90 valence electrons. The van der Waals surface area contributed by atoms with Crippen molar-refractivity contribution in [3.05, 3.63) is 46.5 Å². The first-order valence-electron chi connectivity index (χ1n) is 5.25. The van der Waals surface area contributed by atoms with Crippen LogP contribution < -0.4 is 5.32 Å². The van der Waals surface area contributed by atoms with Crippen molar-refractivity contribution in [2.75, 3.05) is 5.32 Å². The maximum Gasteiger partial charge on any atom is 0.125 e. The summed E-state index contributed by atoms with van der Waals surface area (Å²) in [6.07, 6.45) is 0. The van der Waals surface area contributed by atoms with Crippen LogP contribution in [0.5, 0.6) is 0 Å². The van der Waals surface area contributed by atoms with Gasteiger partial charge in [0.25, 0.3) is 0 Å². The number of nitrogens with zero attached hydrogens (tertiary/aromatic N) is 2. The predicted molar refractivity (Wildman–Crippen MR) is 66.7 cm³/mol. The van der Waals surface area contributed by atoms with Gasteiger partial charge >= 0.3 is 0 Å². The molecule has 5 heteroatoms. The van der Waals surface area contributed by atoms with Crippen molar-refractivity contribution in [1.29, 1.82) is 0 Å². The van der Waals surface area contributed by atoms with Crippen LogP contribution in [0.25, 0.3) is 0 Å². The fourth-order valence-electron chi connectivity index (χ4n) is 1.66. The maximum absolute atomic E-state index is 13.0. The third-order valence-electron chi connectivity index (χ3n) is 2.55. The molecule has 0 aliphatic rings. The van der Waals surface area contributed by atoms with Crippen LogP contribution >= 0.6 is 11.6 Å². The number of hydrogen-bond donors (Lipinski definition) is 1. The fraction of sp³-hybridized carbons (Fsp3) is 0.250. The third kappa shape index (κ3) is 2.58. The normalized spacial score (nSPS) is 10.6. The minimum Gasteiger partial charge on any atom is -0.379 e. The van der Waals surface area contributed by atoms with Crippen LogP contribution in [0.15, 0.2) is 24.3 Å². The van der Waals surface area contributed by atoms with E-state index in [4.69, 9.17) is 11.6 Å². The summed E-state index contributed by atoms with van der Waals surface area (Å²) in [5, 5.41) is 7.97. The molecule has 3 nitrogen and oxygen atoms in total. The Balaban J connectivity index is 2.12. The molecule has 0 saturated heterocycles. The highest BCUT2D eigenvalue weighted by molar-refractivity contribution is 6.31. The number of nitrogens with one attached hydrogen (secondary N) is 1. The van der Waals surface area contributed by atoms with E-state index >= 15 is 0 Å². The number of rotatable bonds is 3. The molecular formula is C12H13ClFN3. The van der Waals surface area contributed by atoms with Gasteiger partial charge in [-0.05, 0) is 25.1 Å². The van der Waals surface area contributed by atoms with Gasteiger partial charge in [-0.25, -0.2) is 4.39 Å². The smallest absolute Gasteiger partial charge is 0.125 e. The van der Waals surface area contributed by atoms with Crippen LogP contribution in [0.4, 0.5) is 10.1 Å². The Bertz CT molecular complexity index is 537. The minimum absolute atomic E-state index is 0.262. The number of halogens is 2. The van der Waals surface area contributed by atoms with Crippen molar-refractivity contribution in [3.8, 4) is 0 Å². The van der Waals surface area contributed by atoms with Crippen LogP contribution in [0.2, 0.25) is 5.02 Å². The van der Waals surface area contributed by atoms with Gasteiger partial charge in [-0.15, -0.1) is 0 Å². The Labute approximate surface area is 104 Å². The summed E-state index contributed by atoms with van der Waals surface area (Å²) in [5.74, 6) is -0.262. The molecule has 0 saturated carbocycles. The quantitative estimate of drug-likeness (QED) is 0.911. The number of aryl methyl sites for hydroxylation is 2. The lowest BCUT2D eigenvalue weighted by molar-refractivity contribution is 0.628. The van der Waals surface area contributed by atoms with Crippen LogP contribution in [-0.4, -0.2) is 9.78 Å². The number of hydrogen-bond acceptors (Lipinski definition) is 2. The number of aromatic nitrogens is 2. The Morgan fingerprint density at radius 1 is 1.47 bits per heavy atom. The topological polar surface area (TPSA) is 29.9 Å². The van der Waals surface area contributed by atoms with Crippen molar-refractivity contribution < 1.29 is 4.39 Å². The SMILES string of the molecule is Cc1nn(C)c(CNc2cccc(F)c2)c1Cl. The zero-order valence-electron chi connectivity index (χ0n) is 9.67. The average Bonchev–Trinajstić information content (AvgIpc) is 2.51. The van der Waals surface area contributed by atoms with Gasteiger partial charge in [0.05, 0.1) is 23.0 Å². The summed E-state index contributed by atoms with van der Waals surface area (Å²) in [6.45, 7) is 2.37. The van der Waals surface area contributed by atoms with E-state index in [0.717, 1.165) is 17.1 Å². The van der Waals surface area contributed by atoms with E-state index < -0.39 is 0 Å². The van der Waals surface area contributed by atoms with Crippen molar-refractivity contribution in [2.45, 2.75) is 13.5 Å². The van der Waals surface area contributed by atoms with E-state index in [1.54, 1.807) is 16.8 Å². The second kappa shape index (κ2) is 4.75. The summed E-state index contributed by atoms with van der Waals surface area (Å²) in [5.41, 5.74) is 2.40. The van der Waals surface area contributed by atoms with E-state index in [2.05, 4.69) is 10.4 Å². The van der Waals surface area contributed by atoms with E-state index in [1.165, 1.54) is 12.1 Å². The lowest BCUT2D eigenvalue weighted by Crippen LogP contribution is -2.06. The van der Waals surface area contributed by atoms with Crippen LogP contribution in [0, 0.1) is 12.7 Å². The molecule has 0 bridgehead atoms. The van der Waals surface area contributed by atoms with Gasteiger partial charge in [0, 0.05) is 12.7 Å². The van der Waals surface area contributed by atoms with Gasteiger partial charge in [-0.3, -0.25) is 4.68 Å². The molecule has 17 heavy (non-hydrogen) atoms. The summed E-state index contributed by atoms with van der Waals surface area (Å²) >= 11 is 6.11. The molecule has 1 N–H and O–H groups in total. The predicted octanol–water partition coefficient (Wildman–Crippen LogP) is 3.13. The average molecular weight is 254 g/mol. The second-order valence-corrected chi connectivity index (χ2v) is 4.21. The molecule has 0 unspecified atom stereocenters. The minimum atomic E-state index is -0.262. The molecule has 0 aliphatic heterocycles. The van der Waals surface area contributed by atoms with Crippen LogP contribution in [0.1, 0.15) is 11.4 Å². The molecule has 1 aromatic heterocycles. The zero-order chi connectivity index (χ0) is 12.4. The summed E-state index contributed by atoms with van der Waals surface area (Å²) in [7, 11) is 1.83. The Hall–Kier alpha value is -1.55. The van der Waals surface area contributed by atoms with Crippen LogP contribution in [0.3, 0.4) is 0 Å². The molecular weight excluding hydrogens is 241 g/mol. The summed E-state index contributed by atoms with van der Waals surface area (Å²) in [4.78, 5) is 0. The standard InChI is InChI=1S/C12H13ClFN3/c1-8-12(13)11(17(2)16-8)7-15-10-5-3-4-9(14)6-10/h3-6,15H,7H2,1-2H3. The highest BCUT2D eigenvalue weighted by Gasteiger charge is 2.10. The molecule has 2 rings (SSSR count). The van der Waals surface area contributed by atoms with E-state index in [1.807, 2.05) is 14.0 Å². The van der Waals surface area contributed by atoms with Crippen LogP contribution in [-0.2, 0) is 13.6 Å². The van der Waals surface area contributed by atoms with E-state index in [0.29, 0.717) is 11.6 Å². The molecule has 0 radical (unpaired) electrons. The van der Waals surface area contributed by atoms with E-state index in [-0.39, 0.29) is 5.82 Å². The molecule has 0 fully saturated rings. The Kier molecular flexibility index (Phi) is 3.33. The molecule has 0 amide bonds. The Morgan fingerprint density at radius 2 is 2.24 bits per heavy atom. The van der Waals surface area contributed by atoms with Gasteiger partial charge in [0.2, 0.25) is 0 Å². The van der Waals surface area contributed by atoms with Crippen molar-refractivity contribution in [3.63, 3.8) is 0 Å². The Morgan fingerprint density at radius 3 is 2.82 bits per heavy atom. The lowest BCUT2D eigenvalue weighted by Gasteiger charge is -2.07. The molecule has 0 atom stereocenters. The molecule has 1 heterocycles. The van der Waals surface area contributed by atoms with Crippen molar-refractivity contribution in [2.24, 2.45) is 7.05 Å². The number of anilines is 1. The maximum atomic E-state index is 13.0. The lowest BCUT2D eigenvalue weighted by atomic mass is 10.3. The molecule has 0 aliphatic carbocycles. The van der Waals surface area contributed by atoms with Gasteiger partial charge in [0.1, 0.15) is 5.82 Å². The van der Waals surface area contributed by atoms with Crippen molar-refractivity contribution in [1.82, 2.24) is 9.78 Å². The second-order valence-electron chi connectivity index (χ2n) is 3.83. The first kappa shape index (κ1) is 11.9. The van der Waals surface area contributed by atoms with Gasteiger partial charge < -0.3 is 5.32 Å². The zero-order valence-corrected chi connectivity index (χ0v) is 10.4. The highest BCUT2D eigenvalue weighted by Crippen LogP contribution is 2.20. The van der Waals surface area contributed by atoms with Gasteiger partial charge in [-0.2, -0.15) is 5.10 Å². The molecule has 2 aromatic rings. The van der Waals surface area contributed by atoms with E-state index in [9.17, 15) is 4.39 Å². The third-order valence-corrected chi connectivity index (χ3v) is 3.04. The van der Waals surface area contributed by atoms with Crippen molar-refractivity contribution >= 4 is 17.3 Å². The largest absolute Gasteiger partial charge is 0.379 e. The summed E-state index contributed by atoms with van der Waals surface area (Å²) in [6, 6.07) is 6.32. The molecule has 0 spiro atoms. The fourth-order valence-corrected chi connectivity index (χ4v) is 1.88. The summed E-state index contributed by atoms with van der Waals surface area (Å²) < 4.78 is 14.7. The molecule has 1 aromatic carbocycles. The van der Waals surface area contributed by atoms with Gasteiger partial charge in [-0.1, -0.05) is 17.7 Å². The monoisotopic (exact) mass is 253 g/mol. The first-order chi connectivity index (χ1) is 8.08.